The van der Waals surface area contributed by atoms with Crippen LogP contribution in [0.5, 0.6) is 0 Å². The predicted octanol–water partition coefficient (Wildman–Crippen LogP) is -0.625. The summed E-state index contributed by atoms with van der Waals surface area (Å²) >= 11 is 0. The van der Waals surface area contributed by atoms with Crippen LogP contribution < -0.4 is 16.6 Å². The number of hydrogen-bond donors (Lipinski definition) is 3. The number of hydrogen-bond acceptors (Lipinski definition) is 4. The van der Waals surface area contributed by atoms with Gasteiger partial charge in [-0.15, -0.1) is 0 Å². The van der Waals surface area contributed by atoms with Crippen LogP contribution in [0.2, 0.25) is 0 Å². The molecule has 0 amide bonds. The molecule has 0 saturated heterocycles. The second-order valence-electron chi connectivity index (χ2n) is 2.62. The van der Waals surface area contributed by atoms with Crippen molar-refractivity contribution in [1.82, 2.24) is 0 Å². The molecule has 0 radical (unpaired) electrons. The molecule has 0 saturated carbocycles. The molecule has 0 atom stereocenters. The molecule has 0 bridgehead atoms. The van der Waals surface area contributed by atoms with E-state index in [9.17, 15) is 8.42 Å². The lowest BCUT2D eigenvalue weighted by Gasteiger charge is -2.05. The first-order valence-corrected chi connectivity index (χ1v) is 5.11. The van der Waals surface area contributed by atoms with Crippen molar-refractivity contribution in [3.63, 3.8) is 0 Å². The van der Waals surface area contributed by atoms with Crippen molar-refractivity contribution in [3.8, 4) is 0 Å². The Bertz CT molecular complexity index is 414. The van der Waals surface area contributed by atoms with E-state index in [-0.39, 0.29) is 11.4 Å². The van der Waals surface area contributed by atoms with Crippen LogP contribution in [0, 0.1) is 0 Å². The van der Waals surface area contributed by atoms with E-state index in [1.54, 1.807) is 12.1 Å². The van der Waals surface area contributed by atoms with Crippen LogP contribution >= 0.6 is 0 Å². The minimum absolute atomic E-state index is 0.00463. The molecule has 0 fully saturated rings. The van der Waals surface area contributed by atoms with Gasteiger partial charge in [-0.2, -0.15) is 0 Å². The molecule has 6 N–H and O–H groups in total. The molecule has 1 aromatic rings. The van der Waals surface area contributed by atoms with Crippen molar-refractivity contribution >= 4 is 15.7 Å². The Morgan fingerprint density at radius 2 is 1.92 bits per heavy atom. The lowest BCUT2D eigenvalue weighted by molar-refractivity contribution is 0.596. The van der Waals surface area contributed by atoms with Gasteiger partial charge in [-0.3, -0.25) is 0 Å². The van der Waals surface area contributed by atoms with Gasteiger partial charge in [-0.05, 0) is 17.7 Å². The molecule has 0 spiro atoms. The third-order valence-corrected chi connectivity index (χ3v) is 2.61. The highest BCUT2D eigenvalue weighted by atomic mass is 32.2. The Labute approximate surface area is 76.6 Å². The standard InChI is InChI=1S/C7H11N3O2S/c8-4-5-1-2-6(9)3-7(5)13(10,11)12/h1-3H,4,8-9H2,(H2,10,11,12). The highest BCUT2D eigenvalue weighted by Crippen LogP contribution is 2.16. The summed E-state index contributed by atoms with van der Waals surface area (Å²) in [5.74, 6) is 0. The Hall–Kier alpha value is -1.11. The number of nitrogen functional groups attached to an aromatic ring is 1. The van der Waals surface area contributed by atoms with Crippen LogP contribution in [-0.4, -0.2) is 8.42 Å². The number of primary sulfonamides is 1. The van der Waals surface area contributed by atoms with E-state index in [1.807, 2.05) is 0 Å². The number of rotatable bonds is 2. The number of sulfonamides is 1. The van der Waals surface area contributed by atoms with Crippen LogP contribution in [0.25, 0.3) is 0 Å². The van der Waals surface area contributed by atoms with Crippen molar-refractivity contribution in [2.45, 2.75) is 11.4 Å². The second-order valence-corrected chi connectivity index (χ2v) is 4.15. The smallest absolute Gasteiger partial charge is 0.238 e. The molecular weight excluding hydrogens is 190 g/mol. The fraction of sp³-hybridized carbons (Fsp3) is 0.143. The first kappa shape index (κ1) is 9.97. The van der Waals surface area contributed by atoms with Gasteiger partial charge in [0, 0.05) is 12.2 Å². The number of benzene rings is 1. The van der Waals surface area contributed by atoms with Gasteiger partial charge >= 0.3 is 0 Å². The molecule has 0 heterocycles. The van der Waals surface area contributed by atoms with E-state index < -0.39 is 10.0 Å². The zero-order chi connectivity index (χ0) is 10.1. The Morgan fingerprint density at radius 3 is 2.38 bits per heavy atom. The average molecular weight is 201 g/mol. The van der Waals surface area contributed by atoms with Gasteiger partial charge in [0.05, 0.1) is 4.90 Å². The van der Waals surface area contributed by atoms with E-state index >= 15 is 0 Å². The molecule has 1 rings (SSSR count). The quantitative estimate of drug-likeness (QED) is 0.553. The average Bonchev–Trinajstić information content (AvgIpc) is 2.03. The van der Waals surface area contributed by atoms with Crippen molar-refractivity contribution in [2.75, 3.05) is 5.73 Å². The monoisotopic (exact) mass is 201 g/mol. The summed E-state index contributed by atoms with van der Waals surface area (Å²) in [6, 6.07) is 4.43. The molecule has 6 heteroatoms. The Balaban J connectivity index is 3.41. The summed E-state index contributed by atoms with van der Waals surface area (Å²) in [5.41, 5.74) is 11.6. The summed E-state index contributed by atoms with van der Waals surface area (Å²) in [5, 5.41) is 4.96. The molecule has 5 nitrogen and oxygen atoms in total. The van der Waals surface area contributed by atoms with E-state index in [2.05, 4.69) is 0 Å². The SMILES string of the molecule is NCc1ccc(N)cc1S(N)(=O)=O. The third kappa shape index (κ3) is 2.18. The molecule has 13 heavy (non-hydrogen) atoms. The molecular formula is C7H11N3O2S. The van der Waals surface area contributed by atoms with E-state index in [4.69, 9.17) is 16.6 Å². The van der Waals surface area contributed by atoms with Gasteiger partial charge in [-0.1, -0.05) is 6.07 Å². The van der Waals surface area contributed by atoms with Crippen molar-refractivity contribution in [3.05, 3.63) is 23.8 Å². The van der Waals surface area contributed by atoms with Crippen LogP contribution in [0.4, 0.5) is 5.69 Å². The van der Waals surface area contributed by atoms with Crippen molar-refractivity contribution < 1.29 is 8.42 Å². The molecule has 0 aliphatic rings. The molecule has 72 valence electrons. The van der Waals surface area contributed by atoms with E-state index in [0.717, 1.165) is 0 Å². The zero-order valence-electron chi connectivity index (χ0n) is 6.90. The van der Waals surface area contributed by atoms with Gasteiger partial charge in [0.15, 0.2) is 0 Å². The van der Waals surface area contributed by atoms with E-state index in [1.165, 1.54) is 6.07 Å². The van der Waals surface area contributed by atoms with Gasteiger partial charge in [0.25, 0.3) is 0 Å². The minimum atomic E-state index is -3.73. The first-order chi connectivity index (χ1) is 5.95. The van der Waals surface area contributed by atoms with Crippen LogP contribution in [0.3, 0.4) is 0 Å². The summed E-state index contributed by atoms with van der Waals surface area (Å²) in [6.45, 7) is 0.117. The minimum Gasteiger partial charge on any atom is -0.399 e. The van der Waals surface area contributed by atoms with Gasteiger partial charge < -0.3 is 11.5 Å². The molecule has 0 aliphatic carbocycles. The largest absolute Gasteiger partial charge is 0.399 e. The summed E-state index contributed by atoms with van der Waals surface area (Å²) in [6.07, 6.45) is 0. The highest BCUT2D eigenvalue weighted by molar-refractivity contribution is 7.89. The third-order valence-electron chi connectivity index (χ3n) is 1.62. The van der Waals surface area contributed by atoms with Crippen LogP contribution in [0.1, 0.15) is 5.56 Å². The topological polar surface area (TPSA) is 112 Å². The Morgan fingerprint density at radius 1 is 1.31 bits per heavy atom. The number of nitrogens with two attached hydrogens (primary N) is 3. The zero-order valence-corrected chi connectivity index (χ0v) is 7.71. The maximum Gasteiger partial charge on any atom is 0.238 e. The molecule has 1 aromatic carbocycles. The van der Waals surface area contributed by atoms with Gasteiger partial charge in [-0.25, -0.2) is 13.6 Å². The maximum absolute atomic E-state index is 11.0. The van der Waals surface area contributed by atoms with Crippen LogP contribution in [0.15, 0.2) is 23.1 Å². The highest BCUT2D eigenvalue weighted by Gasteiger charge is 2.12. The second kappa shape index (κ2) is 3.33. The molecule has 0 aromatic heterocycles. The summed E-state index contributed by atoms with van der Waals surface area (Å²) in [4.78, 5) is -0.00463. The van der Waals surface area contributed by atoms with Gasteiger partial charge in [0.1, 0.15) is 0 Å². The maximum atomic E-state index is 11.0. The lowest BCUT2D eigenvalue weighted by atomic mass is 10.2. The molecule has 0 unspecified atom stereocenters. The lowest BCUT2D eigenvalue weighted by Crippen LogP contribution is -2.16. The van der Waals surface area contributed by atoms with Crippen molar-refractivity contribution in [1.29, 1.82) is 0 Å². The predicted molar refractivity (Wildman–Crippen MR) is 50.1 cm³/mol. The van der Waals surface area contributed by atoms with E-state index in [0.29, 0.717) is 11.3 Å². The summed E-state index contributed by atoms with van der Waals surface area (Å²) < 4.78 is 22.1. The fourth-order valence-electron chi connectivity index (χ4n) is 1.00. The van der Waals surface area contributed by atoms with Crippen molar-refractivity contribution in [2.24, 2.45) is 10.9 Å². The van der Waals surface area contributed by atoms with Crippen LogP contribution in [-0.2, 0) is 16.6 Å². The summed E-state index contributed by atoms with van der Waals surface area (Å²) in [7, 11) is -3.73. The normalized spacial score (nSPS) is 11.5. The number of anilines is 1. The first-order valence-electron chi connectivity index (χ1n) is 3.56. The van der Waals surface area contributed by atoms with Gasteiger partial charge in [0.2, 0.25) is 10.0 Å². The molecule has 0 aliphatic heterocycles. The Kier molecular flexibility index (Phi) is 2.55. The fourth-order valence-corrected chi connectivity index (χ4v) is 1.82.